The van der Waals surface area contributed by atoms with Crippen molar-refractivity contribution in [2.24, 2.45) is 11.1 Å². The molecule has 3 N–H and O–H groups in total. The van der Waals surface area contributed by atoms with Crippen LogP contribution in [0.4, 0.5) is 0 Å². The van der Waals surface area contributed by atoms with Crippen LogP contribution in [0.3, 0.4) is 0 Å². The number of aryl methyl sites for hydroxylation is 2. The van der Waals surface area contributed by atoms with E-state index in [1.54, 1.807) is 0 Å². The number of aliphatic hydroxyl groups is 1. The van der Waals surface area contributed by atoms with E-state index in [0.29, 0.717) is 6.54 Å². The Bertz CT molecular complexity index is 324. The lowest BCUT2D eigenvalue weighted by Crippen LogP contribution is -2.31. The summed E-state index contributed by atoms with van der Waals surface area (Å²) in [7, 11) is 0. The summed E-state index contributed by atoms with van der Waals surface area (Å²) >= 11 is 0. The molecule has 0 bridgehead atoms. The van der Waals surface area contributed by atoms with Crippen molar-refractivity contribution in [1.82, 2.24) is 0 Å². The highest BCUT2D eigenvalue weighted by Gasteiger charge is 2.29. The first-order valence-electron chi connectivity index (χ1n) is 5.34. The van der Waals surface area contributed by atoms with Gasteiger partial charge in [0.1, 0.15) is 0 Å². The Morgan fingerprint density at radius 3 is 2.13 bits per heavy atom. The molecule has 2 nitrogen and oxygen atoms in total. The van der Waals surface area contributed by atoms with Crippen LogP contribution in [0.15, 0.2) is 18.2 Å². The monoisotopic (exact) mass is 207 g/mol. The molecule has 0 radical (unpaired) electrons. The van der Waals surface area contributed by atoms with Crippen molar-refractivity contribution in [2.45, 2.75) is 33.8 Å². The molecule has 0 spiro atoms. The summed E-state index contributed by atoms with van der Waals surface area (Å²) in [5.74, 6) is 0. The predicted molar refractivity (Wildman–Crippen MR) is 63.7 cm³/mol. The molecule has 1 aromatic rings. The van der Waals surface area contributed by atoms with E-state index >= 15 is 0 Å². The summed E-state index contributed by atoms with van der Waals surface area (Å²) in [4.78, 5) is 0. The molecule has 0 aliphatic heterocycles. The van der Waals surface area contributed by atoms with Crippen LogP contribution >= 0.6 is 0 Å². The molecule has 1 unspecified atom stereocenters. The molecule has 84 valence electrons. The SMILES string of the molecule is Cc1cccc(C)c1C(O)C(C)(C)CN. The third kappa shape index (κ3) is 2.39. The van der Waals surface area contributed by atoms with Crippen LogP contribution in [-0.2, 0) is 0 Å². The summed E-state index contributed by atoms with van der Waals surface area (Å²) in [5.41, 5.74) is 8.68. The van der Waals surface area contributed by atoms with Crippen molar-refractivity contribution in [3.8, 4) is 0 Å². The highest BCUT2D eigenvalue weighted by molar-refractivity contribution is 5.36. The molecule has 0 saturated heterocycles. The largest absolute Gasteiger partial charge is 0.388 e. The van der Waals surface area contributed by atoms with Gasteiger partial charge >= 0.3 is 0 Å². The minimum absolute atomic E-state index is 0.281. The Labute approximate surface area is 92.1 Å². The van der Waals surface area contributed by atoms with E-state index in [1.165, 1.54) is 0 Å². The highest BCUT2D eigenvalue weighted by atomic mass is 16.3. The van der Waals surface area contributed by atoms with Gasteiger partial charge in [0, 0.05) is 12.0 Å². The van der Waals surface area contributed by atoms with Crippen LogP contribution in [0.5, 0.6) is 0 Å². The van der Waals surface area contributed by atoms with E-state index in [1.807, 2.05) is 45.9 Å². The third-order valence-electron chi connectivity index (χ3n) is 3.08. The van der Waals surface area contributed by atoms with E-state index in [4.69, 9.17) is 5.73 Å². The summed E-state index contributed by atoms with van der Waals surface area (Å²) in [6.07, 6.45) is -0.497. The van der Waals surface area contributed by atoms with Gasteiger partial charge in [0.05, 0.1) is 6.10 Å². The zero-order valence-electron chi connectivity index (χ0n) is 10.0. The second kappa shape index (κ2) is 4.33. The molecular formula is C13H21NO. The number of rotatable bonds is 3. The van der Waals surface area contributed by atoms with Crippen molar-refractivity contribution >= 4 is 0 Å². The first-order valence-corrected chi connectivity index (χ1v) is 5.34. The number of aliphatic hydroxyl groups excluding tert-OH is 1. The second-order valence-corrected chi connectivity index (χ2v) is 4.90. The Balaban J connectivity index is 3.16. The molecule has 15 heavy (non-hydrogen) atoms. The van der Waals surface area contributed by atoms with Gasteiger partial charge in [-0.3, -0.25) is 0 Å². The average Bonchev–Trinajstić information content (AvgIpc) is 2.17. The Hall–Kier alpha value is -0.860. The normalized spacial score (nSPS) is 14.0. The maximum absolute atomic E-state index is 10.3. The third-order valence-corrected chi connectivity index (χ3v) is 3.08. The van der Waals surface area contributed by atoms with Crippen molar-refractivity contribution < 1.29 is 5.11 Å². The number of hydrogen-bond acceptors (Lipinski definition) is 2. The summed E-state index contributed by atoms with van der Waals surface area (Å²) in [5, 5.41) is 10.3. The zero-order chi connectivity index (χ0) is 11.6. The fourth-order valence-electron chi connectivity index (χ4n) is 1.76. The quantitative estimate of drug-likeness (QED) is 0.799. The van der Waals surface area contributed by atoms with Crippen LogP contribution < -0.4 is 5.73 Å². The van der Waals surface area contributed by atoms with Crippen LogP contribution in [-0.4, -0.2) is 11.7 Å². The smallest absolute Gasteiger partial charge is 0.0858 e. The second-order valence-electron chi connectivity index (χ2n) is 4.90. The Kier molecular flexibility index (Phi) is 3.53. The van der Waals surface area contributed by atoms with Gasteiger partial charge in [-0.1, -0.05) is 32.0 Å². The van der Waals surface area contributed by atoms with Crippen LogP contribution in [0.1, 0.15) is 36.6 Å². The van der Waals surface area contributed by atoms with Crippen molar-refractivity contribution in [3.05, 3.63) is 34.9 Å². The standard InChI is InChI=1S/C13H21NO/c1-9-6-5-7-10(2)11(9)12(15)13(3,4)8-14/h5-7,12,15H,8,14H2,1-4H3. The van der Waals surface area contributed by atoms with E-state index in [9.17, 15) is 5.11 Å². The summed E-state index contributed by atoms with van der Waals surface area (Å²) in [6, 6.07) is 6.06. The van der Waals surface area contributed by atoms with Crippen LogP contribution in [0, 0.1) is 19.3 Å². The molecule has 0 aliphatic carbocycles. The lowest BCUT2D eigenvalue weighted by Gasteiger charge is -2.31. The van der Waals surface area contributed by atoms with Gasteiger partial charge in [0.2, 0.25) is 0 Å². The molecule has 0 aromatic heterocycles. The summed E-state index contributed by atoms with van der Waals surface area (Å²) in [6.45, 7) is 8.51. The fourth-order valence-corrected chi connectivity index (χ4v) is 1.76. The maximum Gasteiger partial charge on any atom is 0.0858 e. The highest BCUT2D eigenvalue weighted by Crippen LogP contribution is 2.35. The molecule has 0 saturated carbocycles. The average molecular weight is 207 g/mol. The first-order chi connectivity index (χ1) is 6.90. The van der Waals surface area contributed by atoms with Gasteiger partial charge in [0.15, 0.2) is 0 Å². The molecule has 1 rings (SSSR count). The minimum atomic E-state index is -0.497. The molecular weight excluding hydrogens is 186 g/mol. The van der Waals surface area contributed by atoms with Gasteiger partial charge in [-0.15, -0.1) is 0 Å². The summed E-state index contributed by atoms with van der Waals surface area (Å²) < 4.78 is 0. The van der Waals surface area contributed by atoms with Crippen LogP contribution in [0.2, 0.25) is 0 Å². The van der Waals surface area contributed by atoms with Crippen LogP contribution in [0.25, 0.3) is 0 Å². The number of nitrogens with two attached hydrogens (primary N) is 1. The van der Waals surface area contributed by atoms with Gasteiger partial charge in [-0.05, 0) is 30.5 Å². The zero-order valence-corrected chi connectivity index (χ0v) is 10.0. The van der Waals surface area contributed by atoms with Crippen molar-refractivity contribution in [3.63, 3.8) is 0 Å². The van der Waals surface area contributed by atoms with Crippen molar-refractivity contribution in [2.75, 3.05) is 6.54 Å². The van der Waals surface area contributed by atoms with Gasteiger partial charge in [-0.25, -0.2) is 0 Å². The molecule has 0 heterocycles. The minimum Gasteiger partial charge on any atom is -0.388 e. The van der Waals surface area contributed by atoms with E-state index in [-0.39, 0.29) is 5.41 Å². The van der Waals surface area contributed by atoms with E-state index < -0.39 is 6.10 Å². The van der Waals surface area contributed by atoms with E-state index in [2.05, 4.69) is 0 Å². The predicted octanol–water partition coefficient (Wildman–Crippen LogP) is 2.32. The molecule has 0 fully saturated rings. The Morgan fingerprint density at radius 2 is 1.73 bits per heavy atom. The molecule has 1 atom stereocenters. The maximum atomic E-state index is 10.3. The van der Waals surface area contributed by atoms with Gasteiger partial charge in [0.25, 0.3) is 0 Å². The molecule has 1 aromatic carbocycles. The first kappa shape index (κ1) is 12.2. The number of hydrogen-bond donors (Lipinski definition) is 2. The van der Waals surface area contributed by atoms with Crippen molar-refractivity contribution in [1.29, 1.82) is 0 Å². The molecule has 2 heteroatoms. The van der Waals surface area contributed by atoms with Gasteiger partial charge in [-0.2, -0.15) is 0 Å². The van der Waals surface area contributed by atoms with E-state index in [0.717, 1.165) is 16.7 Å². The van der Waals surface area contributed by atoms with Gasteiger partial charge < -0.3 is 10.8 Å². The number of benzene rings is 1. The Morgan fingerprint density at radius 1 is 1.27 bits per heavy atom. The topological polar surface area (TPSA) is 46.2 Å². The lowest BCUT2D eigenvalue weighted by molar-refractivity contribution is 0.0545. The lowest BCUT2D eigenvalue weighted by atomic mass is 9.80. The molecule has 0 amide bonds. The fraction of sp³-hybridized carbons (Fsp3) is 0.538. The molecule has 0 aliphatic rings.